The molecule has 1 nitrogen and oxygen atoms in total. The van der Waals surface area contributed by atoms with Gasteiger partial charge in [-0.25, -0.2) is 0 Å². The molecule has 1 aliphatic rings. The van der Waals surface area contributed by atoms with Gasteiger partial charge in [-0.15, -0.1) is 0 Å². The van der Waals surface area contributed by atoms with Gasteiger partial charge in [0.2, 0.25) is 0 Å². The van der Waals surface area contributed by atoms with Gasteiger partial charge in [-0.1, -0.05) is 81.8 Å². The normalized spacial score (nSPS) is 18.2. The van der Waals surface area contributed by atoms with E-state index < -0.39 is 7.14 Å². The summed E-state index contributed by atoms with van der Waals surface area (Å²) in [7, 11) is -2.59. The predicted octanol–water partition coefficient (Wildman–Crippen LogP) is 7.12. The van der Waals surface area contributed by atoms with E-state index in [1.165, 1.54) is 27.8 Å². The monoisotopic (exact) mass is 378 g/mol. The van der Waals surface area contributed by atoms with E-state index in [1.54, 1.807) is 0 Å². The van der Waals surface area contributed by atoms with E-state index >= 15 is 0 Å². The van der Waals surface area contributed by atoms with Crippen molar-refractivity contribution in [2.24, 2.45) is 5.92 Å². The Morgan fingerprint density at radius 2 is 1.59 bits per heavy atom. The lowest BCUT2D eigenvalue weighted by atomic mass is 9.82. The van der Waals surface area contributed by atoms with Crippen LogP contribution < -0.4 is 5.30 Å². The molecule has 0 fully saturated rings. The van der Waals surface area contributed by atoms with E-state index in [4.69, 9.17) is 0 Å². The predicted molar refractivity (Wildman–Crippen MR) is 120 cm³/mol. The van der Waals surface area contributed by atoms with Crippen molar-refractivity contribution in [3.8, 4) is 11.1 Å². The molecule has 142 valence electrons. The Hall–Kier alpha value is -1.85. The molecule has 0 saturated heterocycles. The first-order chi connectivity index (χ1) is 12.6. The molecular formula is C25H31OP. The molecule has 2 heteroatoms. The highest BCUT2D eigenvalue weighted by Gasteiger charge is 2.36. The van der Waals surface area contributed by atoms with Crippen LogP contribution in [0.1, 0.15) is 52.7 Å². The molecule has 2 aromatic rings. The van der Waals surface area contributed by atoms with Crippen molar-refractivity contribution in [3.63, 3.8) is 0 Å². The summed E-state index contributed by atoms with van der Waals surface area (Å²) in [5, 5.41) is 1.89. The summed E-state index contributed by atoms with van der Waals surface area (Å²) in [5.74, 6) is 0.504. The first-order valence-corrected chi connectivity index (χ1v) is 11.9. The van der Waals surface area contributed by atoms with Crippen molar-refractivity contribution in [1.82, 2.24) is 0 Å². The molecule has 0 spiro atoms. The second-order valence-corrected chi connectivity index (χ2v) is 11.8. The van der Waals surface area contributed by atoms with E-state index in [-0.39, 0.29) is 5.41 Å². The highest BCUT2D eigenvalue weighted by Crippen LogP contribution is 2.53. The highest BCUT2D eigenvalue weighted by atomic mass is 31.2. The van der Waals surface area contributed by atoms with Gasteiger partial charge in [0.1, 0.15) is 7.14 Å². The minimum absolute atomic E-state index is 0.00974. The zero-order chi connectivity index (χ0) is 20.0. The quantitative estimate of drug-likeness (QED) is 0.409. The Balaban J connectivity index is 2.08. The number of benzene rings is 2. The molecule has 1 aliphatic carbocycles. The van der Waals surface area contributed by atoms with Gasteiger partial charge in [-0.2, -0.15) is 0 Å². The molecule has 0 amide bonds. The Morgan fingerprint density at radius 1 is 0.963 bits per heavy atom. The van der Waals surface area contributed by atoms with Crippen molar-refractivity contribution in [1.29, 1.82) is 0 Å². The van der Waals surface area contributed by atoms with Gasteiger partial charge >= 0.3 is 0 Å². The summed E-state index contributed by atoms with van der Waals surface area (Å²) in [6.45, 7) is 14.9. The SMILES string of the molecule is CC(=CC=C(C)P(C)(=O)c1ccc2c(c1)-c1ccccc1C2(C)C)C(C)C. The van der Waals surface area contributed by atoms with Crippen LogP contribution in [0, 0.1) is 5.92 Å². The summed E-state index contributed by atoms with van der Waals surface area (Å²) in [4.78, 5) is 0. The van der Waals surface area contributed by atoms with E-state index in [1.807, 2.05) is 19.7 Å². The van der Waals surface area contributed by atoms with Gasteiger partial charge in [0.25, 0.3) is 0 Å². The first-order valence-electron chi connectivity index (χ1n) is 9.75. The zero-order valence-corrected chi connectivity index (χ0v) is 18.5. The van der Waals surface area contributed by atoms with Gasteiger partial charge in [-0.3, -0.25) is 0 Å². The maximum absolute atomic E-state index is 13.7. The molecule has 27 heavy (non-hydrogen) atoms. The third-order valence-corrected chi connectivity index (χ3v) is 8.99. The van der Waals surface area contributed by atoms with Gasteiger partial charge in [0.05, 0.1) is 0 Å². The van der Waals surface area contributed by atoms with Crippen LogP contribution >= 0.6 is 7.14 Å². The lowest BCUT2D eigenvalue weighted by Gasteiger charge is -2.22. The van der Waals surface area contributed by atoms with E-state index in [2.05, 4.69) is 83.2 Å². The lowest BCUT2D eigenvalue weighted by Crippen LogP contribution is -2.15. The third-order valence-electron chi connectivity index (χ3n) is 6.23. The minimum Gasteiger partial charge on any atom is -0.314 e. The number of fused-ring (bicyclic) bond motifs is 3. The number of hydrogen-bond acceptors (Lipinski definition) is 1. The molecule has 1 atom stereocenters. The largest absolute Gasteiger partial charge is 0.314 e. The number of hydrogen-bond donors (Lipinski definition) is 0. The Bertz CT molecular complexity index is 989. The molecular weight excluding hydrogens is 347 g/mol. The maximum Gasteiger partial charge on any atom is 0.136 e. The molecule has 1 unspecified atom stereocenters. The van der Waals surface area contributed by atoms with Crippen LogP contribution in [-0.2, 0) is 9.98 Å². The molecule has 3 rings (SSSR count). The topological polar surface area (TPSA) is 17.1 Å². The second-order valence-electron chi connectivity index (χ2n) is 8.70. The van der Waals surface area contributed by atoms with Crippen molar-refractivity contribution in [2.75, 3.05) is 6.66 Å². The van der Waals surface area contributed by atoms with Crippen LogP contribution in [0.2, 0.25) is 0 Å². The van der Waals surface area contributed by atoms with Crippen LogP contribution in [0.4, 0.5) is 0 Å². The summed E-state index contributed by atoms with van der Waals surface area (Å²) >= 11 is 0. The van der Waals surface area contributed by atoms with Gasteiger partial charge in [0, 0.05) is 10.7 Å². The number of allylic oxidation sites excluding steroid dienone is 4. The van der Waals surface area contributed by atoms with E-state index in [0.29, 0.717) is 5.92 Å². The average Bonchev–Trinajstić information content (AvgIpc) is 2.87. The van der Waals surface area contributed by atoms with E-state index in [9.17, 15) is 4.57 Å². The van der Waals surface area contributed by atoms with Crippen molar-refractivity contribution < 1.29 is 4.57 Å². The maximum atomic E-state index is 13.7. The van der Waals surface area contributed by atoms with Crippen molar-refractivity contribution in [3.05, 3.63) is 76.6 Å². The highest BCUT2D eigenvalue weighted by molar-refractivity contribution is 7.74. The second kappa shape index (κ2) is 6.95. The Morgan fingerprint density at radius 3 is 2.26 bits per heavy atom. The fourth-order valence-corrected chi connectivity index (χ4v) is 5.26. The lowest BCUT2D eigenvalue weighted by molar-refractivity contribution is 0.588. The van der Waals surface area contributed by atoms with Crippen molar-refractivity contribution in [2.45, 2.75) is 47.0 Å². The molecule has 0 heterocycles. The molecule has 0 N–H and O–H groups in total. The average molecular weight is 378 g/mol. The molecule has 0 radical (unpaired) electrons. The van der Waals surface area contributed by atoms with Gasteiger partial charge in [0.15, 0.2) is 0 Å². The fraction of sp³-hybridized carbons (Fsp3) is 0.360. The van der Waals surface area contributed by atoms with E-state index in [0.717, 1.165) is 10.6 Å². The van der Waals surface area contributed by atoms with Crippen molar-refractivity contribution >= 4 is 12.4 Å². The molecule has 0 bridgehead atoms. The van der Waals surface area contributed by atoms with Crippen LogP contribution in [0.5, 0.6) is 0 Å². The van der Waals surface area contributed by atoms with Crippen LogP contribution in [0.25, 0.3) is 11.1 Å². The van der Waals surface area contributed by atoms with Gasteiger partial charge in [-0.05, 0) is 60.1 Å². The van der Waals surface area contributed by atoms with Crippen LogP contribution in [-0.4, -0.2) is 6.66 Å². The first kappa shape index (κ1) is 19.9. The van der Waals surface area contributed by atoms with Crippen LogP contribution in [0.15, 0.2) is 65.5 Å². The standard InChI is InChI=1S/C25H31OP/c1-17(2)18(3)12-13-19(4)27(7,26)20-14-15-24-22(16-20)21-10-8-9-11-23(21)25(24,5)6/h8-17H,1-7H3. The Kier molecular flexibility index (Phi) is 5.12. The molecule has 0 aromatic heterocycles. The summed E-state index contributed by atoms with van der Waals surface area (Å²) in [6, 6.07) is 15.0. The van der Waals surface area contributed by atoms with Gasteiger partial charge < -0.3 is 4.57 Å². The molecule has 0 aliphatic heterocycles. The summed E-state index contributed by atoms with van der Waals surface area (Å²) in [5.41, 5.74) is 6.48. The zero-order valence-electron chi connectivity index (χ0n) is 17.6. The minimum atomic E-state index is -2.59. The number of rotatable bonds is 4. The Labute approximate surface area is 164 Å². The molecule has 0 saturated carbocycles. The summed E-state index contributed by atoms with van der Waals surface area (Å²) < 4.78 is 13.7. The summed E-state index contributed by atoms with van der Waals surface area (Å²) in [6.07, 6.45) is 4.16. The smallest absolute Gasteiger partial charge is 0.136 e. The fourth-order valence-electron chi connectivity index (χ4n) is 3.76. The molecule has 2 aromatic carbocycles. The van der Waals surface area contributed by atoms with Crippen LogP contribution in [0.3, 0.4) is 0 Å². The third kappa shape index (κ3) is 3.39.